The van der Waals surface area contributed by atoms with E-state index in [1.165, 1.54) is 4.70 Å². The lowest BCUT2D eigenvalue weighted by atomic mass is 9.99. The summed E-state index contributed by atoms with van der Waals surface area (Å²) in [4.78, 5) is 4.29. The van der Waals surface area contributed by atoms with E-state index in [1.54, 1.807) is 17.5 Å². The highest BCUT2D eigenvalue weighted by atomic mass is 32.1. The predicted octanol–water partition coefficient (Wildman–Crippen LogP) is 3.29. The summed E-state index contributed by atoms with van der Waals surface area (Å²) in [6.45, 7) is 0. The molecule has 1 unspecified atom stereocenters. The van der Waals surface area contributed by atoms with Crippen LogP contribution < -0.4 is 0 Å². The molecule has 2 aromatic heterocycles. The molecular weight excluding hydrogens is 242 g/mol. The number of aryl methyl sites for hydroxylation is 1. The molecule has 3 rings (SSSR count). The highest BCUT2D eigenvalue weighted by molar-refractivity contribution is 7.17. The first-order valence-electron chi connectivity index (χ1n) is 5.64. The van der Waals surface area contributed by atoms with Crippen molar-refractivity contribution in [3.63, 3.8) is 0 Å². The summed E-state index contributed by atoms with van der Waals surface area (Å²) in [5.41, 5.74) is 1.05. The van der Waals surface area contributed by atoms with Gasteiger partial charge in [0.2, 0.25) is 0 Å². The van der Waals surface area contributed by atoms with Gasteiger partial charge in [-0.1, -0.05) is 18.2 Å². The molecule has 3 nitrogen and oxygen atoms in total. The Hall–Kier alpha value is -2.12. The molecule has 0 aliphatic heterocycles. The predicted molar refractivity (Wildman–Crippen MR) is 72.5 cm³/mol. The SMILES string of the molecule is Cn1ccnc1C(C#N)c1csc2ccccc12. The van der Waals surface area contributed by atoms with Crippen LogP contribution in [0.25, 0.3) is 10.1 Å². The lowest BCUT2D eigenvalue weighted by Crippen LogP contribution is -2.05. The van der Waals surface area contributed by atoms with Crippen LogP contribution in [0.2, 0.25) is 0 Å². The number of hydrogen-bond acceptors (Lipinski definition) is 3. The van der Waals surface area contributed by atoms with Crippen molar-refractivity contribution in [3.05, 3.63) is 53.4 Å². The van der Waals surface area contributed by atoms with E-state index in [9.17, 15) is 5.26 Å². The van der Waals surface area contributed by atoms with E-state index in [4.69, 9.17) is 0 Å². The van der Waals surface area contributed by atoms with Crippen LogP contribution in [-0.4, -0.2) is 9.55 Å². The summed E-state index contributed by atoms with van der Waals surface area (Å²) in [5, 5.41) is 12.7. The zero-order valence-corrected chi connectivity index (χ0v) is 10.7. The van der Waals surface area contributed by atoms with Crippen molar-refractivity contribution in [3.8, 4) is 6.07 Å². The molecule has 0 N–H and O–H groups in total. The van der Waals surface area contributed by atoms with Gasteiger partial charge in [-0.25, -0.2) is 4.98 Å². The van der Waals surface area contributed by atoms with E-state index in [1.807, 2.05) is 29.9 Å². The summed E-state index contributed by atoms with van der Waals surface area (Å²) in [6.07, 6.45) is 3.60. The third kappa shape index (κ3) is 1.60. The van der Waals surface area contributed by atoms with Crippen LogP contribution in [0.3, 0.4) is 0 Å². The smallest absolute Gasteiger partial charge is 0.131 e. The van der Waals surface area contributed by atoms with Crippen molar-refractivity contribution < 1.29 is 0 Å². The summed E-state index contributed by atoms with van der Waals surface area (Å²) in [7, 11) is 1.92. The molecular formula is C14H11N3S. The van der Waals surface area contributed by atoms with Crippen LogP contribution in [0, 0.1) is 11.3 Å². The topological polar surface area (TPSA) is 41.6 Å². The Morgan fingerprint density at radius 1 is 1.39 bits per heavy atom. The number of aromatic nitrogens is 2. The molecule has 88 valence electrons. The zero-order chi connectivity index (χ0) is 12.5. The maximum atomic E-state index is 9.45. The average molecular weight is 253 g/mol. The Balaban J connectivity index is 2.19. The second-order valence-electron chi connectivity index (χ2n) is 4.15. The Labute approximate surface area is 109 Å². The Morgan fingerprint density at radius 3 is 2.94 bits per heavy atom. The normalized spacial score (nSPS) is 12.4. The summed E-state index contributed by atoms with van der Waals surface area (Å²) in [5.74, 6) is 0.488. The van der Waals surface area contributed by atoms with Crippen molar-refractivity contribution in [2.75, 3.05) is 0 Å². The average Bonchev–Trinajstić information content (AvgIpc) is 2.99. The molecule has 0 bridgehead atoms. The van der Waals surface area contributed by atoms with E-state index < -0.39 is 0 Å². The number of nitriles is 1. The highest BCUT2D eigenvalue weighted by Gasteiger charge is 2.20. The molecule has 3 aromatic rings. The third-order valence-corrected chi connectivity index (χ3v) is 4.05. The maximum absolute atomic E-state index is 9.45. The lowest BCUT2D eigenvalue weighted by Gasteiger charge is -2.08. The van der Waals surface area contributed by atoms with Crippen molar-refractivity contribution in [2.24, 2.45) is 7.05 Å². The van der Waals surface area contributed by atoms with Crippen molar-refractivity contribution in [1.82, 2.24) is 9.55 Å². The first-order valence-corrected chi connectivity index (χ1v) is 6.52. The van der Waals surface area contributed by atoms with Gasteiger partial charge in [-0.05, 0) is 22.4 Å². The van der Waals surface area contributed by atoms with Gasteiger partial charge < -0.3 is 4.57 Å². The fourth-order valence-electron chi connectivity index (χ4n) is 2.14. The first-order chi connectivity index (χ1) is 8.81. The van der Waals surface area contributed by atoms with Crippen LogP contribution in [0.4, 0.5) is 0 Å². The monoisotopic (exact) mass is 253 g/mol. The molecule has 0 aliphatic rings. The van der Waals surface area contributed by atoms with Crippen LogP contribution in [0.5, 0.6) is 0 Å². The molecule has 0 saturated carbocycles. The molecule has 0 radical (unpaired) electrons. The minimum absolute atomic E-state index is 0.304. The molecule has 18 heavy (non-hydrogen) atoms. The molecule has 0 fully saturated rings. The minimum atomic E-state index is -0.304. The standard InChI is InChI=1S/C14H11N3S/c1-17-7-6-16-14(17)11(8-15)12-9-18-13-5-3-2-4-10(12)13/h2-7,9,11H,1H3. The van der Waals surface area contributed by atoms with Crippen molar-refractivity contribution in [1.29, 1.82) is 5.26 Å². The third-order valence-electron chi connectivity index (χ3n) is 3.07. The number of nitrogens with zero attached hydrogens (tertiary/aromatic N) is 3. The van der Waals surface area contributed by atoms with E-state index in [0.717, 1.165) is 16.8 Å². The number of fused-ring (bicyclic) bond motifs is 1. The number of rotatable bonds is 2. The van der Waals surface area contributed by atoms with Gasteiger partial charge in [-0.15, -0.1) is 11.3 Å². The van der Waals surface area contributed by atoms with Crippen molar-refractivity contribution >= 4 is 21.4 Å². The zero-order valence-electron chi connectivity index (χ0n) is 9.87. The summed E-state index contributed by atoms with van der Waals surface area (Å²) < 4.78 is 3.11. The highest BCUT2D eigenvalue weighted by Crippen LogP contribution is 2.33. The summed E-state index contributed by atoms with van der Waals surface area (Å²) in [6, 6.07) is 10.5. The minimum Gasteiger partial charge on any atom is -0.337 e. The van der Waals surface area contributed by atoms with Gasteiger partial charge in [0, 0.05) is 24.1 Å². The lowest BCUT2D eigenvalue weighted by molar-refractivity contribution is 0.787. The van der Waals surface area contributed by atoms with Crippen LogP contribution in [0.1, 0.15) is 17.3 Å². The van der Waals surface area contributed by atoms with Crippen molar-refractivity contribution in [2.45, 2.75) is 5.92 Å². The van der Waals surface area contributed by atoms with E-state index in [0.29, 0.717) is 0 Å². The Kier molecular flexibility index (Phi) is 2.62. The largest absolute Gasteiger partial charge is 0.337 e. The van der Waals surface area contributed by atoms with Gasteiger partial charge in [-0.3, -0.25) is 0 Å². The van der Waals surface area contributed by atoms with Gasteiger partial charge in [0.25, 0.3) is 0 Å². The second-order valence-corrected chi connectivity index (χ2v) is 5.06. The number of hydrogen-bond donors (Lipinski definition) is 0. The van der Waals surface area contributed by atoms with E-state index in [-0.39, 0.29) is 5.92 Å². The fourth-order valence-corrected chi connectivity index (χ4v) is 3.13. The maximum Gasteiger partial charge on any atom is 0.131 e. The molecule has 0 spiro atoms. The van der Waals surface area contributed by atoms with Crippen LogP contribution in [0.15, 0.2) is 42.0 Å². The molecule has 1 aromatic carbocycles. The van der Waals surface area contributed by atoms with Gasteiger partial charge in [0.1, 0.15) is 11.7 Å². The Bertz CT molecular complexity index is 733. The van der Waals surface area contributed by atoms with E-state index in [2.05, 4.69) is 28.6 Å². The number of thiophene rings is 1. The molecule has 0 amide bonds. The quantitative estimate of drug-likeness (QED) is 0.703. The van der Waals surface area contributed by atoms with E-state index >= 15 is 0 Å². The molecule has 4 heteroatoms. The summed E-state index contributed by atoms with van der Waals surface area (Å²) >= 11 is 1.67. The number of imidazole rings is 1. The first kappa shape index (κ1) is 11.0. The molecule has 1 atom stereocenters. The van der Waals surface area contributed by atoms with Crippen LogP contribution in [-0.2, 0) is 7.05 Å². The van der Waals surface area contributed by atoms with Crippen LogP contribution >= 0.6 is 11.3 Å². The Morgan fingerprint density at radius 2 is 2.22 bits per heavy atom. The molecule has 0 aliphatic carbocycles. The van der Waals surface area contributed by atoms with Gasteiger partial charge >= 0.3 is 0 Å². The number of benzene rings is 1. The second kappa shape index (κ2) is 4.28. The van der Waals surface area contributed by atoms with Gasteiger partial charge in [0.05, 0.1) is 6.07 Å². The van der Waals surface area contributed by atoms with Gasteiger partial charge in [0.15, 0.2) is 0 Å². The molecule has 0 saturated heterocycles. The molecule has 2 heterocycles. The fraction of sp³-hybridized carbons (Fsp3) is 0.143. The van der Waals surface area contributed by atoms with Gasteiger partial charge in [-0.2, -0.15) is 5.26 Å².